The number of anilines is 2. The average Bonchev–Trinajstić information content (AvgIpc) is 2.78. The number of benzene rings is 1. The third-order valence-corrected chi connectivity index (χ3v) is 3.15. The highest BCUT2D eigenvalue weighted by molar-refractivity contribution is 6.34. The molecule has 0 unspecified atom stereocenters. The zero-order valence-corrected chi connectivity index (χ0v) is 11.5. The van der Waals surface area contributed by atoms with Crippen molar-refractivity contribution < 1.29 is 14.3 Å². The first-order chi connectivity index (χ1) is 10.2. The molecular formula is C14H12N4O3. The number of hydrogen-bond donors (Lipinski definition) is 1. The minimum Gasteiger partial charge on any atom is -0.481 e. The Morgan fingerprint density at radius 2 is 1.71 bits per heavy atom. The van der Waals surface area contributed by atoms with Gasteiger partial charge in [-0.05, 0) is 12.1 Å². The van der Waals surface area contributed by atoms with Gasteiger partial charge in [0.2, 0.25) is 11.8 Å². The maximum atomic E-state index is 12.4. The van der Waals surface area contributed by atoms with Crippen LogP contribution in [0.1, 0.15) is 20.7 Å². The van der Waals surface area contributed by atoms with E-state index in [1.165, 1.54) is 13.2 Å². The molecule has 1 aliphatic rings. The van der Waals surface area contributed by atoms with Crippen molar-refractivity contribution in [1.82, 2.24) is 9.97 Å². The highest BCUT2D eigenvalue weighted by Crippen LogP contribution is 2.29. The topological polar surface area (TPSA) is 84.4 Å². The molecule has 0 atom stereocenters. The fourth-order valence-corrected chi connectivity index (χ4v) is 2.14. The van der Waals surface area contributed by atoms with E-state index in [2.05, 4.69) is 15.3 Å². The van der Waals surface area contributed by atoms with E-state index < -0.39 is 11.8 Å². The lowest BCUT2D eigenvalue weighted by Gasteiger charge is -2.14. The zero-order valence-electron chi connectivity index (χ0n) is 11.5. The number of ether oxygens (including phenoxy) is 1. The van der Waals surface area contributed by atoms with Crippen molar-refractivity contribution in [3.8, 4) is 5.88 Å². The number of carbonyl (C=O) groups is 2. The quantitative estimate of drug-likeness (QED) is 0.856. The van der Waals surface area contributed by atoms with E-state index in [1.807, 2.05) is 0 Å². The molecule has 1 aromatic carbocycles. The fourth-order valence-electron chi connectivity index (χ4n) is 2.14. The van der Waals surface area contributed by atoms with Crippen LogP contribution in [0.25, 0.3) is 0 Å². The third-order valence-electron chi connectivity index (χ3n) is 3.15. The summed E-state index contributed by atoms with van der Waals surface area (Å²) in [4.78, 5) is 34.0. The fraction of sp³-hybridized carbons (Fsp3) is 0.143. The number of rotatable bonds is 3. The van der Waals surface area contributed by atoms with Crippen LogP contribution in [0.4, 0.5) is 11.8 Å². The van der Waals surface area contributed by atoms with E-state index in [-0.39, 0.29) is 17.6 Å². The van der Waals surface area contributed by atoms with Crippen LogP contribution in [0.3, 0.4) is 0 Å². The summed E-state index contributed by atoms with van der Waals surface area (Å²) in [7, 11) is 3.09. The summed E-state index contributed by atoms with van der Waals surface area (Å²) < 4.78 is 5.06. The number of fused-ring (bicyclic) bond motifs is 1. The summed E-state index contributed by atoms with van der Waals surface area (Å²) in [6.07, 6.45) is 0. The van der Waals surface area contributed by atoms with E-state index in [4.69, 9.17) is 4.74 Å². The molecule has 0 bridgehead atoms. The highest BCUT2D eigenvalue weighted by atomic mass is 16.5. The van der Waals surface area contributed by atoms with Gasteiger partial charge in [-0.25, -0.2) is 4.90 Å². The number of carbonyl (C=O) groups excluding carboxylic acids is 2. The average molecular weight is 284 g/mol. The molecule has 1 N–H and O–H groups in total. The number of nitrogens with one attached hydrogen (secondary N) is 1. The second-order valence-electron chi connectivity index (χ2n) is 4.33. The van der Waals surface area contributed by atoms with E-state index in [0.717, 1.165) is 4.90 Å². The Bertz CT molecular complexity index is 687. The molecule has 0 saturated carbocycles. The number of amides is 2. The van der Waals surface area contributed by atoms with Gasteiger partial charge in [0, 0.05) is 13.1 Å². The van der Waals surface area contributed by atoms with Crippen molar-refractivity contribution in [2.45, 2.75) is 0 Å². The molecule has 1 aromatic heterocycles. The van der Waals surface area contributed by atoms with Crippen molar-refractivity contribution >= 4 is 23.6 Å². The van der Waals surface area contributed by atoms with Crippen molar-refractivity contribution in [2.24, 2.45) is 0 Å². The molecule has 2 heterocycles. The molecule has 2 aromatic rings. The minimum atomic E-state index is -0.404. The van der Waals surface area contributed by atoms with E-state index in [0.29, 0.717) is 11.1 Å². The van der Waals surface area contributed by atoms with Gasteiger partial charge in [0.25, 0.3) is 11.8 Å². The lowest BCUT2D eigenvalue weighted by atomic mass is 10.1. The van der Waals surface area contributed by atoms with Crippen LogP contribution in [0.5, 0.6) is 5.88 Å². The maximum Gasteiger partial charge on any atom is 0.267 e. The smallest absolute Gasteiger partial charge is 0.267 e. The van der Waals surface area contributed by atoms with Crippen molar-refractivity contribution in [3.63, 3.8) is 0 Å². The summed E-state index contributed by atoms with van der Waals surface area (Å²) in [5.41, 5.74) is 0.733. The summed E-state index contributed by atoms with van der Waals surface area (Å²) in [6.45, 7) is 0. The van der Waals surface area contributed by atoms with Crippen LogP contribution in [0.15, 0.2) is 30.3 Å². The van der Waals surface area contributed by atoms with Gasteiger partial charge in [0.05, 0.1) is 18.2 Å². The first-order valence-corrected chi connectivity index (χ1v) is 6.24. The third kappa shape index (κ3) is 1.99. The van der Waals surface area contributed by atoms with Crippen LogP contribution in [-0.2, 0) is 0 Å². The summed E-state index contributed by atoms with van der Waals surface area (Å²) >= 11 is 0. The van der Waals surface area contributed by atoms with Crippen molar-refractivity contribution in [3.05, 3.63) is 41.5 Å². The lowest BCUT2D eigenvalue weighted by molar-refractivity contribution is 0.0925. The van der Waals surface area contributed by atoms with Gasteiger partial charge in [0.1, 0.15) is 0 Å². The van der Waals surface area contributed by atoms with Crippen molar-refractivity contribution in [1.29, 1.82) is 0 Å². The van der Waals surface area contributed by atoms with E-state index >= 15 is 0 Å². The normalized spacial score (nSPS) is 13.3. The Labute approximate surface area is 120 Å². The summed E-state index contributed by atoms with van der Waals surface area (Å²) in [5.74, 6) is -0.101. The number of nitrogens with zero attached hydrogens (tertiary/aromatic N) is 3. The molecule has 106 valence electrons. The van der Waals surface area contributed by atoms with Crippen LogP contribution in [0.2, 0.25) is 0 Å². The van der Waals surface area contributed by atoms with Crippen LogP contribution in [0, 0.1) is 0 Å². The van der Waals surface area contributed by atoms with Gasteiger partial charge < -0.3 is 10.1 Å². The van der Waals surface area contributed by atoms with Crippen LogP contribution in [-0.4, -0.2) is 35.9 Å². The molecule has 0 fully saturated rings. The predicted octanol–water partition coefficient (Wildman–Crippen LogP) is 1.33. The summed E-state index contributed by atoms with van der Waals surface area (Å²) in [6, 6.07) is 8.11. The molecule has 1 aliphatic heterocycles. The lowest BCUT2D eigenvalue weighted by Crippen LogP contribution is -2.30. The summed E-state index contributed by atoms with van der Waals surface area (Å²) in [5, 5.41) is 2.76. The molecular weight excluding hydrogens is 272 g/mol. The molecule has 7 nitrogen and oxygen atoms in total. The Morgan fingerprint density at radius 1 is 1.10 bits per heavy atom. The Hall–Kier alpha value is -2.96. The predicted molar refractivity (Wildman–Crippen MR) is 75.7 cm³/mol. The highest BCUT2D eigenvalue weighted by Gasteiger charge is 2.37. The van der Waals surface area contributed by atoms with Gasteiger partial charge in [-0.15, -0.1) is 0 Å². The van der Waals surface area contributed by atoms with Gasteiger partial charge in [0.15, 0.2) is 5.82 Å². The largest absolute Gasteiger partial charge is 0.481 e. The molecule has 0 radical (unpaired) electrons. The van der Waals surface area contributed by atoms with Crippen LogP contribution < -0.4 is 15.0 Å². The second-order valence-corrected chi connectivity index (χ2v) is 4.33. The number of hydrogen-bond acceptors (Lipinski definition) is 6. The van der Waals surface area contributed by atoms with E-state index in [9.17, 15) is 9.59 Å². The standard InChI is InChI=1S/C14H12N4O3/c1-15-14-16-10(7-11(17-14)21-2)18-12(19)8-5-3-4-6-9(8)13(18)20/h3-7H,1-2H3,(H,15,16,17). The van der Waals surface area contributed by atoms with E-state index in [1.54, 1.807) is 31.3 Å². The van der Waals surface area contributed by atoms with Gasteiger partial charge in [-0.3, -0.25) is 9.59 Å². The molecule has 2 amide bonds. The molecule has 21 heavy (non-hydrogen) atoms. The number of aromatic nitrogens is 2. The molecule has 3 rings (SSSR count). The van der Waals surface area contributed by atoms with Crippen molar-refractivity contribution in [2.75, 3.05) is 24.4 Å². The minimum absolute atomic E-state index is 0.178. The Morgan fingerprint density at radius 3 is 2.24 bits per heavy atom. The first-order valence-electron chi connectivity index (χ1n) is 6.24. The first kappa shape index (κ1) is 13.0. The second kappa shape index (κ2) is 4.86. The SMILES string of the molecule is CNc1nc(OC)cc(N2C(=O)c3ccccc3C2=O)n1. The number of imide groups is 1. The van der Waals surface area contributed by atoms with Gasteiger partial charge >= 0.3 is 0 Å². The molecule has 0 saturated heterocycles. The monoisotopic (exact) mass is 284 g/mol. The van der Waals surface area contributed by atoms with Gasteiger partial charge in [-0.2, -0.15) is 9.97 Å². The maximum absolute atomic E-state index is 12.4. The van der Waals surface area contributed by atoms with Gasteiger partial charge in [-0.1, -0.05) is 12.1 Å². The molecule has 0 aliphatic carbocycles. The molecule has 0 spiro atoms. The zero-order chi connectivity index (χ0) is 15.0. The number of methoxy groups -OCH3 is 1. The Kier molecular flexibility index (Phi) is 3.02. The van der Waals surface area contributed by atoms with Crippen LogP contribution >= 0.6 is 0 Å². The Balaban J connectivity index is 2.10. The molecule has 7 heteroatoms.